The number of guanidine groups is 1. The Balaban J connectivity index is 2.44. The van der Waals surface area contributed by atoms with Gasteiger partial charge in [0, 0.05) is 33.4 Å². The highest BCUT2D eigenvalue weighted by Gasteiger charge is 2.07. The highest BCUT2D eigenvalue weighted by atomic mass is 19.2. The number of hydrogen-bond acceptors (Lipinski definition) is 2. The first-order valence-electron chi connectivity index (χ1n) is 7.13. The summed E-state index contributed by atoms with van der Waals surface area (Å²) in [6.45, 7) is 4.51. The van der Waals surface area contributed by atoms with E-state index in [0.717, 1.165) is 19.0 Å². The fourth-order valence-corrected chi connectivity index (χ4v) is 1.80. The van der Waals surface area contributed by atoms with Crippen LogP contribution in [0, 0.1) is 11.6 Å². The molecule has 0 saturated carbocycles. The summed E-state index contributed by atoms with van der Waals surface area (Å²) in [6.07, 6.45) is 1.23. The fourth-order valence-electron chi connectivity index (χ4n) is 1.80. The second-order valence-electron chi connectivity index (χ2n) is 4.50. The van der Waals surface area contributed by atoms with Crippen molar-refractivity contribution in [2.24, 2.45) is 4.99 Å². The number of hydrogen-bond donors (Lipinski definition) is 2. The van der Waals surface area contributed by atoms with Gasteiger partial charge in [0.25, 0.3) is 0 Å². The minimum atomic E-state index is -0.812. The Hall–Kier alpha value is -1.69. The van der Waals surface area contributed by atoms with Crippen LogP contribution in [0.2, 0.25) is 0 Å². The molecule has 1 rings (SSSR count). The Morgan fingerprint density at radius 1 is 1.29 bits per heavy atom. The van der Waals surface area contributed by atoms with Gasteiger partial charge in [-0.1, -0.05) is 12.1 Å². The molecule has 0 saturated heterocycles. The first kappa shape index (κ1) is 17.4. The summed E-state index contributed by atoms with van der Waals surface area (Å²) in [5.41, 5.74) is 0.359. The largest absolute Gasteiger partial charge is 0.385 e. The molecule has 1 aromatic rings. The molecule has 0 fully saturated rings. The normalized spacial score (nSPS) is 11.5. The van der Waals surface area contributed by atoms with E-state index in [0.29, 0.717) is 37.6 Å². The quantitative estimate of drug-likeness (QED) is 0.439. The molecular weight excluding hydrogens is 276 g/mol. The van der Waals surface area contributed by atoms with E-state index in [1.54, 1.807) is 13.2 Å². The molecule has 0 heterocycles. The molecule has 1 aromatic carbocycles. The van der Waals surface area contributed by atoms with E-state index in [4.69, 9.17) is 4.74 Å². The maximum absolute atomic E-state index is 13.5. The molecule has 21 heavy (non-hydrogen) atoms. The zero-order valence-electron chi connectivity index (χ0n) is 12.6. The minimum Gasteiger partial charge on any atom is -0.385 e. The topological polar surface area (TPSA) is 45.7 Å². The molecular formula is C15H23F2N3O. The molecule has 0 aliphatic heterocycles. The average molecular weight is 299 g/mol. The van der Waals surface area contributed by atoms with Gasteiger partial charge in [-0.25, -0.2) is 8.78 Å². The maximum atomic E-state index is 13.5. The molecule has 0 bridgehead atoms. The lowest BCUT2D eigenvalue weighted by atomic mass is 10.1. The van der Waals surface area contributed by atoms with Gasteiger partial charge in [0.15, 0.2) is 17.6 Å². The van der Waals surface area contributed by atoms with Crippen molar-refractivity contribution in [1.82, 2.24) is 10.6 Å². The summed E-state index contributed by atoms with van der Waals surface area (Å²) >= 11 is 0. The lowest BCUT2D eigenvalue weighted by Crippen LogP contribution is -2.38. The van der Waals surface area contributed by atoms with Gasteiger partial charge >= 0.3 is 0 Å². The molecule has 2 N–H and O–H groups in total. The number of rotatable bonds is 8. The van der Waals surface area contributed by atoms with Crippen LogP contribution >= 0.6 is 0 Å². The molecule has 0 aliphatic carbocycles. The second-order valence-corrected chi connectivity index (χ2v) is 4.50. The Morgan fingerprint density at radius 2 is 2.10 bits per heavy atom. The van der Waals surface area contributed by atoms with E-state index in [-0.39, 0.29) is 0 Å². The zero-order valence-corrected chi connectivity index (χ0v) is 12.6. The first-order chi connectivity index (χ1) is 10.2. The number of benzene rings is 1. The van der Waals surface area contributed by atoms with Crippen LogP contribution in [-0.4, -0.2) is 39.3 Å². The van der Waals surface area contributed by atoms with Crippen LogP contribution in [-0.2, 0) is 11.2 Å². The molecule has 6 heteroatoms. The summed E-state index contributed by atoms with van der Waals surface area (Å²) in [7, 11) is 1.65. The number of ether oxygens (including phenoxy) is 1. The molecule has 0 amide bonds. The molecule has 0 radical (unpaired) electrons. The van der Waals surface area contributed by atoms with Crippen molar-refractivity contribution in [1.29, 1.82) is 0 Å². The minimum absolute atomic E-state index is 0.359. The molecule has 4 nitrogen and oxygen atoms in total. The smallest absolute Gasteiger partial charge is 0.191 e. The Morgan fingerprint density at radius 3 is 2.81 bits per heavy atom. The lowest BCUT2D eigenvalue weighted by molar-refractivity contribution is 0.197. The average Bonchev–Trinajstić information content (AvgIpc) is 2.48. The monoisotopic (exact) mass is 299 g/mol. The molecule has 0 atom stereocenters. The van der Waals surface area contributed by atoms with Crippen LogP contribution in [0.25, 0.3) is 0 Å². The maximum Gasteiger partial charge on any atom is 0.191 e. The summed E-state index contributed by atoms with van der Waals surface area (Å²) in [5, 5.41) is 6.20. The third-order valence-electron chi connectivity index (χ3n) is 2.84. The van der Waals surface area contributed by atoms with Gasteiger partial charge in [-0.15, -0.1) is 0 Å². The van der Waals surface area contributed by atoms with Gasteiger partial charge < -0.3 is 15.4 Å². The van der Waals surface area contributed by atoms with Crippen LogP contribution in [0.3, 0.4) is 0 Å². The number of nitrogens with zero attached hydrogens (tertiary/aromatic N) is 1. The van der Waals surface area contributed by atoms with Crippen molar-refractivity contribution >= 4 is 5.96 Å². The van der Waals surface area contributed by atoms with Crippen molar-refractivity contribution < 1.29 is 13.5 Å². The van der Waals surface area contributed by atoms with Crippen molar-refractivity contribution in [2.75, 3.05) is 33.4 Å². The van der Waals surface area contributed by atoms with Gasteiger partial charge in [-0.05, 0) is 31.4 Å². The van der Waals surface area contributed by atoms with Gasteiger partial charge in [0.2, 0.25) is 0 Å². The van der Waals surface area contributed by atoms with Crippen LogP contribution in [0.5, 0.6) is 0 Å². The van der Waals surface area contributed by atoms with Gasteiger partial charge in [0.05, 0.1) is 0 Å². The Bertz CT molecular complexity index is 453. The van der Waals surface area contributed by atoms with E-state index in [2.05, 4.69) is 15.6 Å². The van der Waals surface area contributed by atoms with Gasteiger partial charge in [0.1, 0.15) is 0 Å². The summed E-state index contributed by atoms with van der Waals surface area (Å²) in [4.78, 5) is 4.37. The van der Waals surface area contributed by atoms with E-state index in [1.807, 2.05) is 6.92 Å². The zero-order chi connectivity index (χ0) is 15.5. The number of aliphatic imine (C=N–C) groups is 1. The molecule has 0 aliphatic rings. The second kappa shape index (κ2) is 10.1. The van der Waals surface area contributed by atoms with E-state index in [1.165, 1.54) is 6.07 Å². The van der Waals surface area contributed by atoms with E-state index < -0.39 is 11.6 Å². The highest BCUT2D eigenvalue weighted by Crippen LogP contribution is 2.11. The third kappa shape index (κ3) is 6.53. The summed E-state index contributed by atoms with van der Waals surface area (Å²) < 4.78 is 31.5. The van der Waals surface area contributed by atoms with Crippen LogP contribution in [0.15, 0.2) is 23.2 Å². The van der Waals surface area contributed by atoms with Crippen molar-refractivity contribution in [3.8, 4) is 0 Å². The van der Waals surface area contributed by atoms with Crippen molar-refractivity contribution in [3.63, 3.8) is 0 Å². The molecule has 0 aromatic heterocycles. The number of nitrogens with one attached hydrogen (secondary N) is 2. The van der Waals surface area contributed by atoms with Gasteiger partial charge in [-0.2, -0.15) is 0 Å². The number of halogens is 2. The molecule has 118 valence electrons. The van der Waals surface area contributed by atoms with Crippen LogP contribution < -0.4 is 10.6 Å². The molecule has 0 unspecified atom stereocenters. The fraction of sp³-hybridized carbons (Fsp3) is 0.533. The van der Waals surface area contributed by atoms with Crippen molar-refractivity contribution in [2.45, 2.75) is 19.8 Å². The third-order valence-corrected chi connectivity index (χ3v) is 2.84. The summed E-state index contributed by atoms with van der Waals surface area (Å²) in [6, 6.07) is 4.22. The first-order valence-corrected chi connectivity index (χ1v) is 7.13. The predicted octanol–water partition coefficient (Wildman–Crippen LogP) is 2.10. The molecule has 0 spiro atoms. The highest BCUT2D eigenvalue weighted by molar-refractivity contribution is 5.79. The van der Waals surface area contributed by atoms with Gasteiger partial charge in [-0.3, -0.25) is 4.99 Å². The van der Waals surface area contributed by atoms with Crippen LogP contribution in [0.4, 0.5) is 8.78 Å². The van der Waals surface area contributed by atoms with Crippen molar-refractivity contribution in [3.05, 3.63) is 35.4 Å². The SMILES string of the molecule is CCNC(=NCCCOC)NCCc1cccc(F)c1F. The predicted molar refractivity (Wildman–Crippen MR) is 80.5 cm³/mol. The standard InChI is InChI=1S/C15H23F2N3O/c1-3-18-15(19-9-5-11-21-2)20-10-8-12-6-4-7-13(16)14(12)17/h4,6-7H,3,5,8-11H2,1-2H3,(H2,18,19,20). The Kier molecular flexibility index (Phi) is 8.35. The number of methoxy groups -OCH3 is 1. The van der Waals surface area contributed by atoms with E-state index >= 15 is 0 Å². The van der Waals surface area contributed by atoms with Crippen LogP contribution in [0.1, 0.15) is 18.9 Å². The Labute approximate surface area is 124 Å². The summed E-state index contributed by atoms with van der Waals surface area (Å²) in [5.74, 6) is -0.917. The van der Waals surface area contributed by atoms with E-state index in [9.17, 15) is 8.78 Å². The lowest BCUT2D eigenvalue weighted by Gasteiger charge is -2.11.